The summed E-state index contributed by atoms with van der Waals surface area (Å²) in [5.74, 6) is 0. The van der Waals surface area contributed by atoms with Crippen molar-refractivity contribution < 1.29 is 10.9 Å². The van der Waals surface area contributed by atoms with Crippen LogP contribution in [-0.4, -0.2) is 25.4 Å². The second-order valence-electron chi connectivity index (χ2n) is 6.40. The Balaban J connectivity index is 2.08. The summed E-state index contributed by atoms with van der Waals surface area (Å²) >= 11 is -2.88. The number of unbranched alkanes of at least 4 members (excludes halogenated alkanes) is 10. The molecule has 0 atom stereocenters. The maximum atomic E-state index is 11.1. The average molecular weight is 405 g/mol. The number of carbonyl (C=O) groups excluding carboxylic acids is 1. The molecule has 0 aromatic heterocycles. The Morgan fingerprint density at radius 2 is 1.05 bits per heavy atom. The fraction of sp³-hybridized carbons (Fsp3) is 0.941. The minimum absolute atomic E-state index is 0.386. The first-order valence-corrected chi connectivity index (χ1v) is 15.5. The molecule has 0 aliphatic carbocycles. The van der Waals surface area contributed by atoms with Gasteiger partial charge in [-0.3, -0.25) is 0 Å². The fourth-order valence-electron chi connectivity index (χ4n) is 2.99. The second kappa shape index (κ2) is 11.6. The molecule has 1 heterocycles. The van der Waals surface area contributed by atoms with Crippen LogP contribution >= 0.6 is 0 Å². The van der Waals surface area contributed by atoms with Gasteiger partial charge < -0.3 is 0 Å². The first kappa shape index (κ1) is 19.1. The van der Waals surface area contributed by atoms with E-state index in [-0.39, 0.29) is 6.16 Å². The quantitative estimate of drug-likeness (QED) is 0.251. The third-order valence-electron chi connectivity index (χ3n) is 4.36. The van der Waals surface area contributed by atoms with Crippen LogP contribution in [0.5, 0.6) is 0 Å². The molecule has 1 saturated heterocycles. The van der Waals surface area contributed by atoms with E-state index < -0.39 is 19.2 Å². The van der Waals surface area contributed by atoms with Gasteiger partial charge in [0.2, 0.25) is 0 Å². The summed E-state index contributed by atoms with van der Waals surface area (Å²) in [6.45, 7) is 4.49. The molecular formula is C17H34O3Sn. The average Bonchev–Trinajstić information content (AvgIpc) is 2.44. The van der Waals surface area contributed by atoms with Crippen molar-refractivity contribution in [2.24, 2.45) is 0 Å². The standard InChI is InChI=1S/2C8H17.CH2O3.Sn/c2*1-3-5-7-8-6-4-2;2-1(3)4;/h2*1,3-8H2,2H3;(H2,2,3,4);/q;;;+2/p-2. The molecule has 1 rings (SSSR count). The fourth-order valence-corrected chi connectivity index (χ4v) is 11.1. The molecule has 0 aromatic carbocycles. The summed E-state index contributed by atoms with van der Waals surface area (Å²) in [6.07, 6.45) is 15.2. The molecule has 0 aromatic rings. The zero-order valence-electron chi connectivity index (χ0n) is 14.1. The molecule has 3 nitrogen and oxygen atoms in total. The van der Waals surface area contributed by atoms with Crippen molar-refractivity contribution in [3.8, 4) is 0 Å². The zero-order chi connectivity index (χ0) is 15.4. The molecule has 0 saturated carbocycles. The second-order valence-corrected chi connectivity index (χ2v) is 15.6. The van der Waals surface area contributed by atoms with E-state index in [1.54, 1.807) is 0 Å². The molecular weight excluding hydrogens is 371 g/mol. The van der Waals surface area contributed by atoms with Crippen LogP contribution in [-0.2, 0) is 6.15 Å². The van der Waals surface area contributed by atoms with Crippen LogP contribution in [0.1, 0.15) is 90.9 Å². The number of rotatable bonds is 14. The third-order valence-corrected chi connectivity index (χ3v) is 13.8. The van der Waals surface area contributed by atoms with Gasteiger partial charge in [-0.15, -0.1) is 0 Å². The predicted octanol–water partition coefficient (Wildman–Crippen LogP) is 6.32. The van der Waals surface area contributed by atoms with Crippen molar-refractivity contribution in [3.63, 3.8) is 0 Å². The number of hydrogen-bond donors (Lipinski definition) is 0. The molecule has 1 fully saturated rings. The molecule has 0 N–H and O–H groups in total. The van der Waals surface area contributed by atoms with E-state index in [2.05, 4.69) is 13.8 Å². The van der Waals surface area contributed by atoms with Crippen molar-refractivity contribution in [1.29, 1.82) is 0 Å². The van der Waals surface area contributed by atoms with Gasteiger partial charge in [0, 0.05) is 0 Å². The predicted molar refractivity (Wildman–Crippen MR) is 89.7 cm³/mol. The van der Waals surface area contributed by atoms with Gasteiger partial charge in [0.1, 0.15) is 0 Å². The van der Waals surface area contributed by atoms with E-state index >= 15 is 0 Å². The van der Waals surface area contributed by atoms with Crippen LogP contribution in [0, 0.1) is 0 Å². The Kier molecular flexibility index (Phi) is 10.6. The van der Waals surface area contributed by atoms with E-state index in [9.17, 15) is 4.79 Å². The van der Waals surface area contributed by atoms with E-state index in [1.807, 2.05) is 0 Å². The normalized spacial score (nSPS) is 16.2. The molecule has 1 aliphatic heterocycles. The Morgan fingerprint density at radius 3 is 1.43 bits per heavy atom. The van der Waals surface area contributed by atoms with Crippen LogP contribution in [0.15, 0.2) is 0 Å². The number of carbonyl (C=O) groups is 1. The Bertz CT molecular complexity index is 255. The van der Waals surface area contributed by atoms with Gasteiger partial charge in [0.15, 0.2) is 0 Å². The minimum atomic E-state index is -2.88. The molecule has 0 amide bonds. The molecule has 21 heavy (non-hydrogen) atoms. The summed E-state index contributed by atoms with van der Waals surface area (Å²) in [7, 11) is 0. The van der Waals surface area contributed by atoms with Crippen molar-refractivity contribution in [1.82, 2.24) is 0 Å². The van der Waals surface area contributed by atoms with Gasteiger partial charge in [-0.05, 0) is 0 Å². The van der Waals surface area contributed by atoms with E-state index in [0.29, 0.717) is 0 Å². The molecule has 4 heteroatoms. The van der Waals surface area contributed by atoms with Crippen LogP contribution in [0.3, 0.4) is 0 Å². The van der Waals surface area contributed by atoms with E-state index in [0.717, 1.165) is 8.87 Å². The summed E-state index contributed by atoms with van der Waals surface area (Å²) in [5.41, 5.74) is 0. The van der Waals surface area contributed by atoms with Crippen molar-refractivity contribution in [3.05, 3.63) is 0 Å². The van der Waals surface area contributed by atoms with E-state index in [1.165, 1.54) is 77.0 Å². The zero-order valence-corrected chi connectivity index (χ0v) is 17.0. The summed E-state index contributed by atoms with van der Waals surface area (Å²) < 4.78 is 13.2. The van der Waals surface area contributed by atoms with Crippen LogP contribution in [0.4, 0.5) is 4.79 Å². The van der Waals surface area contributed by atoms with Gasteiger partial charge in [0.05, 0.1) is 0 Å². The maximum absolute atomic E-state index is 11.1. The van der Waals surface area contributed by atoms with Gasteiger partial charge in [-0.1, -0.05) is 0 Å². The molecule has 0 unspecified atom stereocenters. The van der Waals surface area contributed by atoms with Crippen molar-refractivity contribution in [2.45, 2.75) is 99.8 Å². The van der Waals surface area contributed by atoms with Crippen LogP contribution in [0.2, 0.25) is 8.87 Å². The summed E-state index contributed by atoms with van der Waals surface area (Å²) in [6, 6.07) is 0. The molecule has 0 radical (unpaired) electrons. The third kappa shape index (κ3) is 8.32. The Hall–Kier alpha value is 0.0687. The first-order chi connectivity index (χ1) is 10.2. The topological polar surface area (TPSA) is 35.5 Å². The van der Waals surface area contributed by atoms with E-state index in [4.69, 9.17) is 6.15 Å². The van der Waals surface area contributed by atoms with Crippen LogP contribution < -0.4 is 0 Å². The Labute approximate surface area is 136 Å². The number of hydrogen-bond acceptors (Lipinski definition) is 3. The van der Waals surface area contributed by atoms with Gasteiger partial charge >= 0.3 is 136 Å². The van der Waals surface area contributed by atoms with Gasteiger partial charge in [-0.25, -0.2) is 0 Å². The van der Waals surface area contributed by atoms with Crippen molar-refractivity contribution >= 4 is 25.4 Å². The monoisotopic (exact) mass is 406 g/mol. The van der Waals surface area contributed by atoms with Gasteiger partial charge in [0.25, 0.3) is 0 Å². The SMILES string of the molecule is CCCCCCC[CH2][Sn]1([CH2]CCCCCCC)[O]C(=O)[O]1. The molecule has 1 aliphatic rings. The summed E-state index contributed by atoms with van der Waals surface area (Å²) in [4.78, 5) is 11.1. The molecule has 0 spiro atoms. The van der Waals surface area contributed by atoms with Crippen molar-refractivity contribution in [2.75, 3.05) is 0 Å². The molecule has 0 bridgehead atoms. The van der Waals surface area contributed by atoms with Gasteiger partial charge in [-0.2, -0.15) is 0 Å². The van der Waals surface area contributed by atoms with Crippen LogP contribution in [0.25, 0.3) is 0 Å². The first-order valence-electron chi connectivity index (χ1n) is 9.14. The Morgan fingerprint density at radius 1 is 0.667 bits per heavy atom. The molecule has 124 valence electrons. The summed E-state index contributed by atoms with van der Waals surface area (Å²) in [5, 5.41) is 0.